The minimum absolute atomic E-state index is 0.171. The molecule has 5 rings (SSSR count). The van der Waals surface area contributed by atoms with Crippen LogP contribution in [0.25, 0.3) is 5.65 Å². The molecule has 0 saturated carbocycles. The van der Waals surface area contributed by atoms with Crippen LogP contribution in [-0.4, -0.2) is 51.3 Å². The quantitative estimate of drug-likeness (QED) is 0.350. The molecule has 3 heterocycles. The Morgan fingerprint density at radius 1 is 1.11 bits per heavy atom. The fraction of sp³-hybridized carbons (Fsp3) is 0.320. The van der Waals surface area contributed by atoms with E-state index in [0.29, 0.717) is 17.4 Å². The maximum Gasteiger partial charge on any atom is 0.209 e. The minimum atomic E-state index is -2.02. The minimum Gasteiger partial charge on any atom is -0.380 e. The van der Waals surface area contributed by atoms with Gasteiger partial charge in [-0.1, -0.05) is 72.4 Å². The lowest BCUT2D eigenvalue weighted by molar-refractivity contribution is -0.0860. The molecule has 3 atom stereocenters. The number of thioether (sulfide) groups is 1. The van der Waals surface area contributed by atoms with Crippen LogP contribution in [0.4, 0.5) is 10.2 Å². The zero-order valence-electron chi connectivity index (χ0n) is 19.2. The summed E-state index contributed by atoms with van der Waals surface area (Å²) in [6, 6.07) is 19.4. The second-order valence-electron chi connectivity index (χ2n) is 8.29. The monoisotopic (exact) mass is 495 g/mol. The molecule has 1 fully saturated rings. The highest BCUT2D eigenvalue weighted by Gasteiger charge is 2.55. The number of hydrogen-bond donors (Lipinski definition) is 1. The molecular weight excluding hydrogens is 469 g/mol. The topological polar surface area (TPSA) is 96.8 Å². The van der Waals surface area contributed by atoms with Gasteiger partial charge in [-0.05, 0) is 17.4 Å². The van der Waals surface area contributed by atoms with Crippen molar-refractivity contribution in [1.29, 1.82) is 0 Å². The predicted molar refractivity (Wildman–Crippen MR) is 131 cm³/mol. The van der Waals surface area contributed by atoms with E-state index >= 15 is 4.39 Å². The molecule has 1 saturated heterocycles. The molecule has 10 heteroatoms. The number of hydrogen-bond acceptors (Lipinski definition) is 8. The van der Waals surface area contributed by atoms with Crippen LogP contribution < -0.4 is 5.73 Å². The molecule has 0 bridgehead atoms. The van der Waals surface area contributed by atoms with Crippen molar-refractivity contribution in [3.05, 3.63) is 83.7 Å². The van der Waals surface area contributed by atoms with E-state index in [1.807, 2.05) is 66.9 Å². The normalized spacial score (nSPS) is 22.1. The Morgan fingerprint density at radius 2 is 1.80 bits per heavy atom. The summed E-state index contributed by atoms with van der Waals surface area (Å²) in [4.78, 5) is 8.49. The summed E-state index contributed by atoms with van der Waals surface area (Å²) < 4.78 is 36.3. The maximum atomic E-state index is 16.9. The maximum absolute atomic E-state index is 16.9. The molecule has 1 aliphatic rings. The van der Waals surface area contributed by atoms with Gasteiger partial charge < -0.3 is 19.9 Å². The third-order valence-corrected chi connectivity index (χ3v) is 6.48. The van der Waals surface area contributed by atoms with Gasteiger partial charge in [-0.15, -0.1) is 5.10 Å². The number of alkyl halides is 1. The summed E-state index contributed by atoms with van der Waals surface area (Å²) in [5, 5.41) is 4.85. The fourth-order valence-electron chi connectivity index (χ4n) is 4.17. The standard InChI is InChI=1S/C25H26FN5O3S/c1-35-24-29-22(27)23-28-12-20(31(23)30-24)25(26)16-34-19(15-32-13-17-8-4-2-5-9-17)21(25)33-14-18-10-6-3-7-11-18/h2-12,19,21H,13-16H2,1H3,(H2,27,29,30)/t19-,21-,25?/m1/s1. The summed E-state index contributed by atoms with van der Waals surface area (Å²) in [6.45, 7) is 0.559. The number of ether oxygens (including phenoxy) is 3. The van der Waals surface area contributed by atoms with E-state index in [9.17, 15) is 0 Å². The SMILES string of the molecule is CSc1nc(N)c2ncc(C3(F)CO[C@H](COCc4ccccc4)[C@H]3OCc3ccccc3)n2n1. The first-order chi connectivity index (χ1) is 17.1. The summed E-state index contributed by atoms with van der Waals surface area (Å²) in [5.74, 6) is 0.183. The van der Waals surface area contributed by atoms with E-state index in [0.717, 1.165) is 11.1 Å². The summed E-state index contributed by atoms with van der Waals surface area (Å²) in [6.07, 6.45) is 1.68. The number of halogens is 1. The first-order valence-electron chi connectivity index (χ1n) is 11.2. The summed E-state index contributed by atoms with van der Waals surface area (Å²) >= 11 is 1.31. The van der Waals surface area contributed by atoms with Crippen LogP contribution in [0, 0.1) is 0 Å². The smallest absolute Gasteiger partial charge is 0.209 e. The first-order valence-corrected chi connectivity index (χ1v) is 12.4. The molecule has 35 heavy (non-hydrogen) atoms. The van der Waals surface area contributed by atoms with Crippen molar-refractivity contribution in [2.45, 2.75) is 36.2 Å². The molecular formula is C25H26FN5O3S. The zero-order valence-corrected chi connectivity index (χ0v) is 20.0. The van der Waals surface area contributed by atoms with Crippen molar-refractivity contribution in [2.24, 2.45) is 0 Å². The van der Waals surface area contributed by atoms with Crippen LogP contribution in [0.3, 0.4) is 0 Å². The Kier molecular flexibility index (Phi) is 6.96. The summed E-state index contributed by atoms with van der Waals surface area (Å²) in [7, 11) is 0. The average Bonchev–Trinajstić information content (AvgIpc) is 3.46. The molecule has 0 amide bonds. The number of nitrogens with zero attached hydrogens (tertiary/aromatic N) is 4. The molecule has 1 aliphatic heterocycles. The molecule has 2 aromatic carbocycles. The highest BCUT2D eigenvalue weighted by atomic mass is 32.2. The van der Waals surface area contributed by atoms with Crippen LogP contribution in [0.1, 0.15) is 16.8 Å². The van der Waals surface area contributed by atoms with Gasteiger partial charge in [0.1, 0.15) is 17.9 Å². The number of nitrogen functional groups attached to an aromatic ring is 1. The summed E-state index contributed by atoms with van der Waals surface area (Å²) in [5.41, 5.74) is 6.49. The molecule has 2 N–H and O–H groups in total. The van der Waals surface area contributed by atoms with Crippen LogP contribution in [0.2, 0.25) is 0 Å². The highest BCUT2D eigenvalue weighted by Crippen LogP contribution is 2.41. The van der Waals surface area contributed by atoms with Crippen molar-refractivity contribution in [1.82, 2.24) is 19.6 Å². The van der Waals surface area contributed by atoms with E-state index in [1.54, 1.807) is 0 Å². The molecule has 8 nitrogen and oxygen atoms in total. The molecule has 0 aliphatic carbocycles. The fourth-order valence-corrected chi connectivity index (χ4v) is 4.52. The van der Waals surface area contributed by atoms with Gasteiger partial charge in [0.25, 0.3) is 0 Å². The van der Waals surface area contributed by atoms with Gasteiger partial charge in [-0.2, -0.15) is 0 Å². The number of fused-ring (bicyclic) bond motifs is 1. The Balaban J connectivity index is 1.42. The van der Waals surface area contributed by atoms with Crippen LogP contribution in [-0.2, 0) is 33.1 Å². The molecule has 1 unspecified atom stereocenters. The van der Waals surface area contributed by atoms with Crippen molar-refractivity contribution in [2.75, 3.05) is 25.2 Å². The third kappa shape index (κ3) is 4.87. The van der Waals surface area contributed by atoms with Gasteiger partial charge in [0.15, 0.2) is 11.5 Å². The average molecular weight is 496 g/mol. The number of nitrogens with two attached hydrogens (primary N) is 1. The van der Waals surface area contributed by atoms with Gasteiger partial charge in [-0.25, -0.2) is 18.9 Å². The van der Waals surface area contributed by atoms with Crippen molar-refractivity contribution >= 4 is 23.2 Å². The predicted octanol–water partition coefficient (Wildman–Crippen LogP) is 3.79. The Bertz CT molecular complexity index is 1280. The highest BCUT2D eigenvalue weighted by molar-refractivity contribution is 7.98. The number of anilines is 1. The molecule has 4 aromatic rings. The Hall–Kier alpha value is -3.05. The van der Waals surface area contributed by atoms with E-state index in [-0.39, 0.29) is 31.3 Å². The molecule has 0 radical (unpaired) electrons. The van der Waals surface area contributed by atoms with Crippen molar-refractivity contribution < 1.29 is 18.6 Å². The largest absolute Gasteiger partial charge is 0.380 e. The van der Waals surface area contributed by atoms with E-state index in [1.165, 1.54) is 22.5 Å². The number of benzene rings is 2. The van der Waals surface area contributed by atoms with Crippen LogP contribution >= 0.6 is 11.8 Å². The van der Waals surface area contributed by atoms with E-state index in [4.69, 9.17) is 19.9 Å². The van der Waals surface area contributed by atoms with Gasteiger partial charge in [0.2, 0.25) is 10.8 Å². The molecule has 2 aromatic heterocycles. The van der Waals surface area contributed by atoms with Gasteiger partial charge >= 0.3 is 0 Å². The number of rotatable bonds is 9. The lowest BCUT2D eigenvalue weighted by Gasteiger charge is -2.28. The van der Waals surface area contributed by atoms with Crippen LogP contribution in [0.5, 0.6) is 0 Å². The van der Waals surface area contributed by atoms with Crippen LogP contribution in [0.15, 0.2) is 72.0 Å². The molecule has 0 spiro atoms. The van der Waals surface area contributed by atoms with Crippen molar-refractivity contribution in [3.8, 4) is 0 Å². The van der Waals surface area contributed by atoms with Gasteiger partial charge in [0, 0.05) is 0 Å². The number of imidazole rings is 1. The lowest BCUT2D eigenvalue weighted by Crippen LogP contribution is -2.42. The van der Waals surface area contributed by atoms with Gasteiger partial charge in [-0.3, -0.25) is 0 Å². The Morgan fingerprint density at radius 3 is 2.49 bits per heavy atom. The third-order valence-electron chi connectivity index (χ3n) is 5.94. The van der Waals surface area contributed by atoms with E-state index < -0.39 is 17.9 Å². The second kappa shape index (κ2) is 10.3. The second-order valence-corrected chi connectivity index (χ2v) is 9.07. The Labute approximate surface area is 206 Å². The lowest BCUT2D eigenvalue weighted by atomic mass is 9.95. The van der Waals surface area contributed by atoms with Crippen molar-refractivity contribution in [3.63, 3.8) is 0 Å². The van der Waals surface area contributed by atoms with E-state index in [2.05, 4.69) is 15.1 Å². The first kappa shape index (κ1) is 23.7. The number of aromatic nitrogens is 4. The molecule has 182 valence electrons. The zero-order chi connectivity index (χ0) is 24.3. The van der Waals surface area contributed by atoms with Gasteiger partial charge in [0.05, 0.1) is 32.6 Å².